The number of halogens is 1. The minimum Gasteiger partial charge on any atom is -0.464 e. The smallest absolute Gasteiger partial charge is 0.270 e. The molecule has 1 aromatic carbocycles. The van der Waals surface area contributed by atoms with Gasteiger partial charge in [0.15, 0.2) is 0 Å². The number of fused-ring (bicyclic) bond motifs is 1. The van der Waals surface area contributed by atoms with Gasteiger partial charge in [0.05, 0.1) is 11.6 Å². The third kappa shape index (κ3) is 3.37. The van der Waals surface area contributed by atoms with Gasteiger partial charge < -0.3 is 15.1 Å². The maximum absolute atomic E-state index is 13.0. The van der Waals surface area contributed by atoms with Gasteiger partial charge in [-0.15, -0.1) is 0 Å². The first-order chi connectivity index (χ1) is 11.6. The number of aromatic nitrogens is 1. The van der Waals surface area contributed by atoms with Gasteiger partial charge in [-0.25, -0.2) is 9.37 Å². The molecular weight excluding hydrogens is 309 g/mol. The number of rotatable bonds is 5. The Labute approximate surface area is 138 Å². The van der Waals surface area contributed by atoms with Crippen molar-refractivity contribution in [3.8, 4) is 0 Å². The van der Waals surface area contributed by atoms with E-state index < -0.39 is 0 Å². The summed E-state index contributed by atoms with van der Waals surface area (Å²) in [4.78, 5) is 16.7. The normalized spacial score (nSPS) is 12.1. The van der Waals surface area contributed by atoms with Crippen LogP contribution < -0.4 is 10.6 Å². The number of anilines is 2. The van der Waals surface area contributed by atoms with Crippen molar-refractivity contribution in [3.63, 3.8) is 0 Å². The van der Waals surface area contributed by atoms with Crippen molar-refractivity contribution < 1.29 is 13.6 Å². The highest BCUT2D eigenvalue weighted by atomic mass is 19.1. The Morgan fingerprint density at radius 1 is 1.29 bits per heavy atom. The van der Waals surface area contributed by atoms with Gasteiger partial charge in [-0.05, 0) is 43.7 Å². The summed E-state index contributed by atoms with van der Waals surface area (Å²) < 4.78 is 18.5. The van der Waals surface area contributed by atoms with Crippen LogP contribution in [-0.2, 0) is 0 Å². The second-order valence-corrected chi connectivity index (χ2v) is 5.60. The molecule has 3 aromatic rings. The van der Waals surface area contributed by atoms with E-state index >= 15 is 0 Å². The minimum absolute atomic E-state index is 0.0557. The van der Waals surface area contributed by atoms with Crippen LogP contribution in [0.15, 0.2) is 47.1 Å². The average molecular weight is 327 g/mol. The molecule has 2 N–H and O–H groups in total. The van der Waals surface area contributed by atoms with Crippen LogP contribution in [0.4, 0.5) is 15.9 Å². The van der Waals surface area contributed by atoms with E-state index in [0.29, 0.717) is 17.1 Å². The second-order valence-electron chi connectivity index (χ2n) is 5.60. The molecule has 0 spiro atoms. The summed E-state index contributed by atoms with van der Waals surface area (Å²) in [7, 11) is 0. The molecule has 0 saturated heterocycles. The third-order valence-electron chi connectivity index (χ3n) is 3.78. The van der Waals surface area contributed by atoms with Crippen molar-refractivity contribution in [2.24, 2.45) is 0 Å². The van der Waals surface area contributed by atoms with Crippen molar-refractivity contribution >= 4 is 28.4 Å². The van der Waals surface area contributed by atoms with Gasteiger partial charge in [0.25, 0.3) is 5.91 Å². The molecule has 0 radical (unpaired) electrons. The zero-order chi connectivity index (χ0) is 17.1. The van der Waals surface area contributed by atoms with Crippen LogP contribution in [0.5, 0.6) is 0 Å². The first kappa shape index (κ1) is 16.0. The van der Waals surface area contributed by atoms with Gasteiger partial charge >= 0.3 is 0 Å². The van der Waals surface area contributed by atoms with Crippen molar-refractivity contribution in [2.75, 3.05) is 5.32 Å². The second kappa shape index (κ2) is 6.70. The fourth-order valence-electron chi connectivity index (χ4n) is 2.25. The lowest BCUT2D eigenvalue weighted by Gasteiger charge is -2.12. The number of hydrogen-bond acceptors (Lipinski definition) is 4. The van der Waals surface area contributed by atoms with Gasteiger partial charge in [-0.2, -0.15) is 0 Å². The predicted molar refractivity (Wildman–Crippen MR) is 90.9 cm³/mol. The highest BCUT2D eigenvalue weighted by molar-refractivity contribution is 5.99. The molecule has 0 fully saturated rings. The molecule has 124 valence electrons. The van der Waals surface area contributed by atoms with E-state index in [0.717, 1.165) is 11.8 Å². The van der Waals surface area contributed by atoms with E-state index in [9.17, 15) is 9.18 Å². The number of furan rings is 1. The number of nitrogens with one attached hydrogen (secondary N) is 2. The lowest BCUT2D eigenvalue weighted by atomic mass is 10.2. The summed E-state index contributed by atoms with van der Waals surface area (Å²) in [5, 5.41) is 6.74. The monoisotopic (exact) mass is 327 g/mol. The first-order valence-corrected chi connectivity index (χ1v) is 7.78. The number of pyridine rings is 1. The molecule has 24 heavy (non-hydrogen) atoms. The van der Waals surface area contributed by atoms with Gasteiger partial charge in [-0.3, -0.25) is 4.79 Å². The van der Waals surface area contributed by atoms with Gasteiger partial charge in [0.1, 0.15) is 22.9 Å². The Morgan fingerprint density at radius 2 is 2.04 bits per heavy atom. The zero-order valence-corrected chi connectivity index (χ0v) is 13.5. The molecule has 0 aliphatic heterocycles. The Morgan fingerprint density at radius 3 is 2.75 bits per heavy atom. The molecule has 0 unspecified atom stereocenters. The maximum atomic E-state index is 13.0. The van der Waals surface area contributed by atoms with Crippen molar-refractivity contribution in [2.45, 2.75) is 26.3 Å². The van der Waals surface area contributed by atoms with Gasteiger partial charge in [0, 0.05) is 17.8 Å². The summed E-state index contributed by atoms with van der Waals surface area (Å²) in [6.45, 7) is 3.93. The molecule has 0 bridgehead atoms. The molecule has 5 nitrogen and oxygen atoms in total. The molecule has 6 heteroatoms. The largest absolute Gasteiger partial charge is 0.464 e. The maximum Gasteiger partial charge on any atom is 0.270 e. The number of amides is 1. The highest BCUT2D eigenvalue weighted by Gasteiger charge is 2.15. The molecule has 1 amide bonds. The zero-order valence-electron chi connectivity index (χ0n) is 13.5. The summed E-state index contributed by atoms with van der Waals surface area (Å²) in [6.07, 6.45) is 2.37. The van der Waals surface area contributed by atoms with E-state index in [1.807, 2.05) is 13.8 Å². The Bertz CT molecular complexity index is 858. The average Bonchev–Trinajstić information content (AvgIpc) is 3.05. The van der Waals surface area contributed by atoms with Crippen LogP contribution in [0.25, 0.3) is 11.0 Å². The standard InChI is InChI=1S/C18H18FN3O2/c1-3-11(2)20-18(23)15-10-16-14(8-9-24-16)17(22-15)21-13-6-4-12(19)5-7-13/h4-11H,3H2,1-2H3,(H,20,23)(H,21,22)/t11-/m0/s1. The van der Waals surface area contributed by atoms with Crippen LogP contribution >= 0.6 is 0 Å². The van der Waals surface area contributed by atoms with Gasteiger partial charge in [0.2, 0.25) is 0 Å². The summed E-state index contributed by atoms with van der Waals surface area (Å²) >= 11 is 0. The van der Waals surface area contributed by atoms with Crippen molar-refractivity contribution in [3.05, 3.63) is 54.2 Å². The molecule has 0 aliphatic rings. The van der Waals surface area contributed by atoms with E-state index in [-0.39, 0.29) is 23.5 Å². The number of nitrogens with zero attached hydrogens (tertiary/aromatic N) is 1. The summed E-state index contributed by atoms with van der Waals surface area (Å²) in [5.41, 5.74) is 1.50. The fourth-order valence-corrected chi connectivity index (χ4v) is 2.25. The summed E-state index contributed by atoms with van der Waals surface area (Å²) in [6, 6.07) is 9.36. The molecule has 2 heterocycles. The Balaban J connectivity index is 1.95. The first-order valence-electron chi connectivity index (χ1n) is 7.78. The van der Waals surface area contributed by atoms with E-state index in [2.05, 4.69) is 15.6 Å². The van der Waals surface area contributed by atoms with Crippen molar-refractivity contribution in [1.29, 1.82) is 0 Å². The van der Waals surface area contributed by atoms with Crippen LogP contribution in [0.3, 0.4) is 0 Å². The Kier molecular flexibility index (Phi) is 4.46. The van der Waals surface area contributed by atoms with Crippen molar-refractivity contribution in [1.82, 2.24) is 10.3 Å². The number of hydrogen-bond donors (Lipinski definition) is 2. The Hall–Kier alpha value is -2.89. The predicted octanol–water partition coefficient (Wildman–Crippen LogP) is 4.24. The quantitative estimate of drug-likeness (QED) is 0.735. The van der Waals surface area contributed by atoms with Crippen LogP contribution in [0, 0.1) is 5.82 Å². The molecular formula is C18H18FN3O2. The van der Waals surface area contributed by atoms with Crippen LogP contribution in [0.2, 0.25) is 0 Å². The molecule has 2 aromatic heterocycles. The minimum atomic E-state index is -0.316. The van der Waals surface area contributed by atoms with Gasteiger partial charge in [-0.1, -0.05) is 6.92 Å². The van der Waals surface area contributed by atoms with E-state index in [1.165, 1.54) is 12.1 Å². The topological polar surface area (TPSA) is 67.2 Å². The highest BCUT2D eigenvalue weighted by Crippen LogP contribution is 2.26. The lowest BCUT2D eigenvalue weighted by Crippen LogP contribution is -2.32. The number of carbonyl (C=O) groups is 1. The number of benzene rings is 1. The lowest BCUT2D eigenvalue weighted by molar-refractivity contribution is 0.0934. The molecule has 3 rings (SSSR count). The van der Waals surface area contributed by atoms with E-state index in [4.69, 9.17) is 4.42 Å². The molecule has 0 saturated carbocycles. The third-order valence-corrected chi connectivity index (χ3v) is 3.78. The summed E-state index contributed by atoms with van der Waals surface area (Å²) in [5.74, 6) is -0.0874. The fraction of sp³-hybridized carbons (Fsp3) is 0.222. The molecule has 0 aliphatic carbocycles. The van der Waals surface area contributed by atoms with E-state index in [1.54, 1.807) is 30.5 Å². The molecule has 1 atom stereocenters. The van der Waals surface area contributed by atoms with Crippen LogP contribution in [-0.4, -0.2) is 16.9 Å². The number of carbonyl (C=O) groups excluding carboxylic acids is 1. The SMILES string of the molecule is CC[C@H](C)NC(=O)c1cc2occc2c(Nc2ccc(F)cc2)n1. The van der Waals surface area contributed by atoms with Crippen LogP contribution in [0.1, 0.15) is 30.8 Å².